The number of thioether (sulfide) groups is 1. The summed E-state index contributed by atoms with van der Waals surface area (Å²) in [6.07, 6.45) is 1.15. The first kappa shape index (κ1) is 11.8. The van der Waals surface area contributed by atoms with Crippen LogP contribution in [-0.4, -0.2) is 21.8 Å². The van der Waals surface area contributed by atoms with Crippen molar-refractivity contribution in [3.05, 3.63) is 0 Å². The molecule has 0 N–H and O–H groups in total. The van der Waals surface area contributed by atoms with Crippen LogP contribution in [0.4, 0.5) is 0 Å². The summed E-state index contributed by atoms with van der Waals surface area (Å²) in [5, 5.41) is 1.57. The van der Waals surface area contributed by atoms with Gasteiger partial charge in [-0.05, 0) is 12.2 Å². The van der Waals surface area contributed by atoms with Crippen molar-refractivity contribution in [3.63, 3.8) is 0 Å². The Morgan fingerprint density at radius 3 is 2.40 bits per heavy atom. The molecule has 0 rings (SSSR count). The Morgan fingerprint density at radius 1 is 1.30 bits per heavy atom. The molecule has 0 radical (unpaired) electrons. The van der Waals surface area contributed by atoms with Crippen molar-refractivity contribution in [3.8, 4) is 0 Å². The summed E-state index contributed by atoms with van der Waals surface area (Å²) in [5.74, 6) is 2.05. The van der Waals surface area contributed by atoms with E-state index in [4.69, 9.17) is 0 Å². The summed E-state index contributed by atoms with van der Waals surface area (Å²) >= 11 is 14.3. The van der Waals surface area contributed by atoms with Crippen LogP contribution in [-0.2, 0) is 0 Å². The molecule has 0 aromatic heterocycles. The molecular weight excluding hydrogens is 220 g/mol. The van der Waals surface area contributed by atoms with Crippen LogP contribution in [0.1, 0.15) is 6.42 Å². The summed E-state index contributed by atoms with van der Waals surface area (Å²) in [7, 11) is 1.60. The molecule has 0 aromatic carbocycles. The van der Waals surface area contributed by atoms with Gasteiger partial charge in [-0.25, -0.2) is 0 Å². The molecule has 0 fully saturated rings. The van der Waals surface area contributed by atoms with E-state index in [0.717, 1.165) is 23.0 Å². The molecule has 0 spiro atoms. The number of hydrogen-bond acceptors (Lipinski definition) is 5. The maximum Gasteiger partial charge on any atom is 0.0364 e. The van der Waals surface area contributed by atoms with Gasteiger partial charge in [0.15, 0.2) is 0 Å². The zero-order chi connectivity index (χ0) is 7.82. The summed E-state index contributed by atoms with van der Waals surface area (Å²) in [4.78, 5) is 0. The van der Waals surface area contributed by atoms with Crippen LogP contribution < -0.4 is 0 Å². The molecule has 0 aliphatic carbocycles. The van der Waals surface area contributed by atoms with Crippen molar-refractivity contribution in [2.24, 2.45) is 0 Å². The molecule has 0 heterocycles. The molecular formula is C5H12S5. The molecule has 0 aliphatic rings. The monoisotopic (exact) mass is 232 g/mol. The van der Waals surface area contributed by atoms with Crippen molar-refractivity contribution >= 4 is 59.5 Å². The van der Waals surface area contributed by atoms with E-state index in [9.17, 15) is 0 Å². The molecule has 5 heteroatoms. The van der Waals surface area contributed by atoms with E-state index >= 15 is 0 Å². The maximum atomic E-state index is 4.17. The minimum Gasteiger partial charge on any atom is -0.179 e. The Hall–Kier alpha value is 1.75. The second-order valence-electron chi connectivity index (χ2n) is 1.73. The lowest BCUT2D eigenvalue weighted by Gasteiger charge is -2.11. The molecule has 0 saturated carbocycles. The average molecular weight is 232 g/mol. The highest BCUT2D eigenvalue weighted by atomic mass is 33.1. The Labute approximate surface area is 87.3 Å². The van der Waals surface area contributed by atoms with Crippen LogP contribution in [0.3, 0.4) is 0 Å². The topological polar surface area (TPSA) is 0 Å². The van der Waals surface area contributed by atoms with Crippen LogP contribution in [0.2, 0.25) is 0 Å². The third kappa shape index (κ3) is 6.46. The Balaban J connectivity index is 3.30. The highest BCUT2D eigenvalue weighted by Crippen LogP contribution is 2.22. The van der Waals surface area contributed by atoms with Crippen molar-refractivity contribution < 1.29 is 0 Å². The van der Waals surface area contributed by atoms with Gasteiger partial charge in [0.25, 0.3) is 0 Å². The standard InChI is InChI=1S/C5H12S5/c6-2-1-5(3-10-8)9-4-7/h5-8H,1-4H2. The predicted molar refractivity (Wildman–Crippen MR) is 65.1 cm³/mol. The third-order valence-electron chi connectivity index (χ3n) is 1.02. The zero-order valence-corrected chi connectivity index (χ0v) is 9.88. The van der Waals surface area contributed by atoms with E-state index < -0.39 is 0 Å². The van der Waals surface area contributed by atoms with Gasteiger partial charge in [-0.1, -0.05) is 10.8 Å². The minimum absolute atomic E-state index is 0.678. The Kier molecular flexibility index (Phi) is 10.4. The van der Waals surface area contributed by atoms with Gasteiger partial charge < -0.3 is 0 Å². The molecule has 0 nitrogen and oxygen atoms in total. The lowest BCUT2D eigenvalue weighted by molar-refractivity contribution is 0.935. The lowest BCUT2D eigenvalue weighted by Crippen LogP contribution is -2.05. The molecule has 10 heavy (non-hydrogen) atoms. The largest absolute Gasteiger partial charge is 0.179 e. The molecule has 1 unspecified atom stereocenters. The molecule has 1 atom stereocenters. The Morgan fingerprint density at radius 2 is 2.00 bits per heavy atom. The van der Waals surface area contributed by atoms with Gasteiger partial charge in [-0.3, -0.25) is 0 Å². The third-order valence-corrected chi connectivity index (χ3v) is 3.96. The summed E-state index contributed by atoms with van der Waals surface area (Å²) < 4.78 is 0. The Bertz CT molecular complexity index is 52.8. The van der Waals surface area contributed by atoms with Crippen molar-refractivity contribution in [2.45, 2.75) is 11.7 Å². The number of thiol groups is 3. The molecule has 0 saturated heterocycles. The van der Waals surface area contributed by atoms with Crippen LogP contribution in [0.5, 0.6) is 0 Å². The van der Waals surface area contributed by atoms with Gasteiger partial charge in [0, 0.05) is 16.1 Å². The first-order valence-electron chi connectivity index (χ1n) is 2.94. The highest BCUT2D eigenvalue weighted by Gasteiger charge is 2.05. The molecule has 0 amide bonds. The molecule has 0 bridgehead atoms. The second kappa shape index (κ2) is 8.84. The molecule has 0 aromatic rings. The lowest BCUT2D eigenvalue weighted by atomic mass is 10.4. The van der Waals surface area contributed by atoms with E-state index in [0.29, 0.717) is 5.25 Å². The first-order valence-corrected chi connectivity index (χ1v) is 7.30. The van der Waals surface area contributed by atoms with E-state index in [-0.39, 0.29) is 0 Å². The van der Waals surface area contributed by atoms with Crippen LogP contribution in [0.25, 0.3) is 0 Å². The maximum absolute atomic E-state index is 4.17. The zero-order valence-electron chi connectivity index (χ0n) is 5.56. The van der Waals surface area contributed by atoms with E-state index in [1.165, 1.54) is 0 Å². The van der Waals surface area contributed by atoms with Crippen LogP contribution >= 0.6 is 59.5 Å². The highest BCUT2D eigenvalue weighted by molar-refractivity contribution is 8.68. The van der Waals surface area contributed by atoms with Crippen molar-refractivity contribution in [2.75, 3.05) is 16.6 Å². The quantitative estimate of drug-likeness (QED) is 0.366. The van der Waals surface area contributed by atoms with E-state index in [1.54, 1.807) is 10.8 Å². The minimum atomic E-state index is 0.678. The fourth-order valence-electron chi connectivity index (χ4n) is 0.547. The normalized spacial score (nSPS) is 13.5. The average Bonchev–Trinajstić information content (AvgIpc) is 1.90. The summed E-state index contributed by atoms with van der Waals surface area (Å²) in [6, 6.07) is 0. The fourth-order valence-corrected chi connectivity index (χ4v) is 3.93. The fraction of sp³-hybridized carbons (Fsp3) is 1.00. The van der Waals surface area contributed by atoms with Gasteiger partial charge in [-0.2, -0.15) is 25.3 Å². The van der Waals surface area contributed by atoms with Crippen molar-refractivity contribution in [1.82, 2.24) is 0 Å². The van der Waals surface area contributed by atoms with Gasteiger partial charge in [0.1, 0.15) is 0 Å². The molecule has 0 aliphatic heterocycles. The predicted octanol–water partition coefficient (Wildman–Crippen LogP) is 2.87. The SMILES string of the molecule is SCCC(CSS)SCS. The van der Waals surface area contributed by atoms with Crippen LogP contribution in [0, 0.1) is 0 Å². The first-order chi connectivity index (χ1) is 4.85. The summed E-state index contributed by atoms with van der Waals surface area (Å²) in [5.41, 5.74) is 0. The van der Waals surface area contributed by atoms with Gasteiger partial charge in [0.2, 0.25) is 0 Å². The second-order valence-corrected chi connectivity index (χ2v) is 5.57. The number of hydrogen-bond donors (Lipinski definition) is 3. The molecule has 62 valence electrons. The van der Waals surface area contributed by atoms with Gasteiger partial charge >= 0.3 is 0 Å². The van der Waals surface area contributed by atoms with Gasteiger partial charge in [0.05, 0.1) is 0 Å². The van der Waals surface area contributed by atoms with Crippen LogP contribution in [0.15, 0.2) is 0 Å². The van der Waals surface area contributed by atoms with Gasteiger partial charge in [-0.15, -0.1) is 23.4 Å². The van der Waals surface area contributed by atoms with E-state index in [2.05, 4.69) is 36.9 Å². The number of rotatable bonds is 6. The van der Waals surface area contributed by atoms with E-state index in [1.807, 2.05) is 11.8 Å². The smallest absolute Gasteiger partial charge is 0.0364 e. The summed E-state index contributed by atoms with van der Waals surface area (Å²) in [6.45, 7) is 0. The van der Waals surface area contributed by atoms with Crippen molar-refractivity contribution in [1.29, 1.82) is 0 Å².